The van der Waals surface area contributed by atoms with Crippen LogP contribution in [0.1, 0.15) is 37.4 Å². The lowest BCUT2D eigenvalue weighted by Crippen LogP contribution is -2.33. The van der Waals surface area contributed by atoms with E-state index in [0.717, 1.165) is 11.1 Å². The van der Waals surface area contributed by atoms with Crippen molar-refractivity contribution in [2.24, 2.45) is 11.8 Å². The number of likely N-dealkylation sites (tertiary alicyclic amines) is 1. The van der Waals surface area contributed by atoms with Crippen molar-refractivity contribution in [3.8, 4) is 0 Å². The summed E-state index contributed by atoms with van der Waals surface area (Å²) in [5.41, 5.74) is 1.98. The normalized spacial score (nSPS) is 22.6. The summed E-state index contributed by atoms with van der Waals surface area (Å²) in [4.78, 5) is 25.4. The fourth-order valence-corrected chi connectivity index (χ4v) is 2.92. The summed E-state index contributed by atoms with van der Waals surface area (Å²) >= 11 is 0. The van der Waals surface area contributed by atoms with Gasteiger partial charge in [0.1, 0.15) is 0 Å². The minimum Gasteiger partial charge on any atom is -0.481 e. The van der Waals surface area contributed by atoms with Gasteiger partial charge in [-0.3, -0.25) is 9.59 Å². The molecule has 1 aliphatic rings. The lowest BCUT2D eigenvalue weighted by Gasteiger charge is -2.29. The molecule has 0 spiro atoms. The molecule has 2 unspecified atom stereocenters. The van der Waals surface area contributed by atoms with E-state index in [-0.39, 0.29) is 18.4 Å². The molecule has 4 nitrogen and oxygen atoms in total. The van der Waals surface area contributed by atoms with Gasteiger partial charge >= 0.3 is 5.97 Å². The van der Waals surface area contributed by atoms with E-state index < -0.39 is 11.9 Å². The number of aliphatic carboxylic acids is 1. The molecule has 108 valence electrons. The highest BCUT2D eigenvalue weighted by atomic mass is 16.4. The smallest absolute Gasteiger partial charge is 0.309 e. The van der Waals surface area contributed by atoms with Gasteiger partial charge < -0.3 is 10.0 Å². The van der Waals surface area contributed by atoms with Gasteiger partial charge in [0.05, 0.1) is 12.0 Å². The monoisotopic (exact) mass is 275 g/mol. The zero-order chi connectivity index (χ0) is 14.9. The molecule has 0 aromatic heterocycles. The van der Waals surface area contributed by atoms with Crippen molar-refractivity contribution in [1.29, 1.82) is 0 Å². The molecule has 0 saturated carbocycles. The van der Waals surface area contributed by atoms with Crippen LogP contribution in [0.15, 0.2) is 24.3 Å². The van der Waals surface area contributed by atoms with Gasteiger partial charge in [-0.15, -0.1) is 0 Å². The molecule has 2 atom stereocenters. The third-order valence-electron chi connectivity index (χ3n) is 3.82. The van der Waals surface area contributed by atoms with Crippen molar-refractivity contribution in [1.82, 2.24) is 4.90 Å². The molecule has 1 N–H and O–H groups in total. The topological polar surface area (TPSA) is 57.6 Å². The quantitative estimate of drug-likeness (QED) is 0.919. The number of carbonyl (C=O) groups is 2. The Kier molecular flexibility index (Phi) is 4.12. The van der Waals surface area contributed by atoms with Crippen LogP contribution in [-0.2, 0) is 9.59 Å². The van der Waals surface area contributed by atoms with Crippen LogP contribution in [0, 0.1) is 18.8 Å². The molecule has 0 bridgehead atoms. The van der Waals surface area contributed by atoms with Crippen LogP contribution in [0.25, 0.3) is 0 Å². The second-order valence-electron chi connectivity index (χ2n) is 5.89. The van der Waals surface area contributed by atoms with Crippen LogP contribution in [0.2, 0.25) is 0 Å². The number of benzene rings is 1. The van der Waals surface area contributed by atoms with Crippen molar-refractivity contribution in [2.45, 2.75) is 33.2 Å². The first kappa shape index (κ1) is 14.6. The van der Waals surface area contributed by atoms with Crippen LogP contribution >= 0.6 is 0 Å². The number of hydrogen-bond donors (Lipinski definition) is 1. The van der Waals surface area contributed by atoms with Crippen LogP contribution < -0.4 is 0 Å². The zero-order valence-corrected chi connectivity index (χ0v) is 12.2. The average Bonchev–Trinajstić information content (AvgIpc) is 2.67. The molecule has 1 aliphatic heterocycles. The lowest BCUT2D eigenvalue weighted by atomic mass is 9.90. The van der Waals surface area contributed by atoms with Gasteiger partial charge in [-0.25, -0.2) is 0 Å². The summed E-state index contributed by atoms with van der Waals surface area (Å²) in [5.74, 6) is -1.28. The van der Waals surface area contributed by atoms with Gasteiger partial charge in [0.15, 0.2) is 0 Å². The molecular weight excluding hydrogens is 254 g/mol. The molecule has 1 aromatic carbocycles. The van der Waals surface area contributed by atoms with E-state index in [9.17, 15) is 14.7 Å². The SMILES string of the molecule is Cc1ccccc1C1C(C(=O)O)CC(=O)N1CC(C)C. The lowest BCUT2D eigenvalue weighted by molar-refractivity contribution is -0.142. The number of rotatable bonds is 4. The average molecular weight is 275 g/mol. The fraction of sp³-hybridized carbons (Fsp3) is 0.500. The Morgan fingerprint density at radius 2 is 2.05 bits per heavy atom. The number of amides is 1. The van der Waals surface area contributed by atoms with E-state index in [0.29, 0.717) is 12.5 Å². The second-order valence-corrected chi connectivity index (χ2v) is 5.89. The zero-order valence-electron chi connectivity index (χ0n) is 12.2. The molecule has 20 heavy (non-hydrogen) atoms. The molecule has 4 heteroatoms. The van der Waals surface area contributed by atoms with Gasteiger partial charge in [-0.1, -0.05) is 38.1 Å². The molecule has 1 amide bonds. The summed E-state index contributed by atoms with van der Waals surface area (Å²) < 4.78 is 0. The van der Waals surface area contributed by atoms with Crippen molar-refractivity contribution < 1.29 is 14.7 Å². The first-order chi connectivity index (χ1) is 9.41. The third kappa shape index (κ3) is 2.69. The number of carboxylic acids is 1. The minimum atomic E-state index is -0.891. The molecule has 2 rings (SSSR count). The number of nitrogens with zero attached hydrogens (tertiary/aromatic N) is 1. The van der Waals surface area contributed by atoms with Crippen LogP contribution in [-0.4, -0.2) is 28.4 Å². The second kappa shape index (κ2) is 5.65. The van der Waals surface area contributed by atoms with Gasteiger partial charge in [0, 0.05) is 13.0 Å². The first-order valence-corrected chi connectivity index (χ1v) is 6.99. The van der Waals surface area contributed by atoms with Crippen molar-refractivity contribution in [3.05, 3.63) is 35.4 Å². The summed E-state index contributed by atoms with van der Waals surface area (Å²) in [6, 6.07) is 7.38. The third-order valence-corrected chi connectivity index (χ3v) is 3.82. The Bertz CT molecular complexity index is 524. The molecular formula is C16H21NO3. The first-order valence-electron chi connectivity index (χ1n) is 6.99. The molecule has 1 fully saturated rings. The Morgan fingerprint density at radius 3 is 2.60 bits per heavy atom. The Labute approximate surface area is 119 Å². The van der Waals surface area contributed by atoms with Gasteiger partial charge in [-0.2, -0.15) is 0 Å². The van der Waals surface area contributed by atoms with Gasteiger partial charge in [0.25, 0.3) is 0 Å². The van der Waals surface area contributed by atoms with E-state index in [1.54, 1.807) is 4.90 Å². The van der Waals surface area contributed by atoms with Gasteiger partial charge in [0.2, 0.25) is 5.91 Å². The highest BCUT2D eigenvalue weighted by Crippen LogP contribution is 2.39. The maximum absolute atomic E-state index is 12.2. The van der Waals surface area contributed by atoms with E-state index >= 15 is 0 Å². The van der Waals surface area contributed by atoms with E-state index in [4.69, 9.17) is 0 Å². The highest BCUT2D eigenvalue weighted by molar-refractivity contribution is 5.87. The number of hydrogen-bond acceptors (Lipinski definition) is 2. The molecule has 1 aromatic rings. The molecule has 0 aliphatic carbocycles. The predicted molar refractivity (Wildman–Crippen MR) is 76.2 cm³/mol. The van der Waals surface area contributed by atoms with Crippen LogP contribution in [0.4, 0.5) is 0 Å². The standard InChI is InChI=1S/C16H21NO3/c1-10(2)9-17-14(18)8-13(16(19)20)15(17)12-7-5-4-6-11(12)3/h4-7,10,13,15H,8-9H2,1-3H3,(H,19,20). The van der Waals surface area contributed by atoms with Crippen LogP contribution in [0.3, 0.4) is 0 Å². The fourth-order valence-electron chi connectivity index (χ4n) is 2.92. The summed E-state index contributed by atoms with van der Waals surface area (Å²) in [7, 11) is 0. The molecule has 1 saturated heterocycles. The number of carboxylic acid groups (broad SMARTS) is 1. The summed E-state index contributed by atoms with van der Waals surface area (Å²) in [6.45, 7) is 6.64. The maximum atomic E-state index is 12.2. The van der Waals surface area contributed by atoms with Gasteiger partial charge in [-0.05, 0) is 24.0 Å². The van der Waals surface area contributed by atoms with E-state index in [1.807, 2.05) is 45.0 Å². The number of carbonyl (C=O) groups excluding carboxylic acids is 1. The Hall–Kier alpha value is -1.84. The Balaban J connectivity index is 2.43. The molecule has 0 radical (unpaired) electrons. The van der Waals surface area contributed by atoms with Crippen molar-refractivity contribution in [3.63, 3.8) is 0 Å². The predicted octanol–water partition coefficient (Wildman–Crippen LogP) is 2.63. The van der Waals surface area contributed by atoms with Crippen molar-refractivity contribution in [2.75, 3.05) is 6.54 Å². The van der Waals surface area contributed by atoms with E-state index in [2.05, 4.69) is 0 Å². The van der Waals surface area contributed by atoms with E-state index in [1.165, 1.54) is 0 Å². The highest BCUT2D eigenvalue weighted by Gasteiger charge is 2.44. The number of aryl methyl sites for hydroxylation is 1. The molecule has 1 heterocycles. The largest absolute Gasteiger partial charge is 0.481 e. The summed E-state index contributed by atoms with van der Waals surface area (Å²) in [5, 5.41) is 9.43. The van der Waals surface area contributed by atoms with Crippen LogP contribution in [0.5, 0.6) is 0 Å². The van der Waals surface area contributed by atoms with Crippen molar-refractivity contribution >= 4 is 11.9 Å². The summed E-state index contributed by atoms with van der Waals surface area (Å²) in [6.07, 6.45) is 0.0983. The maximum Gasteiger partial charge on any atom is 0.309 e. The Morgan fingerprint density at radius 1 is 1.40 bits per heavy atom. The minimum absolute atomic E-state index is 0.0562.